The summed E-state index contributed by atoms with van der Waals surface area (Å²) in [7, 11) is -1.34. The Morgan fingerprint density at radius 3 is 2.64 bits per heavy atom. The number of benzene rings is 1. The van der Waals surface area contributed by atoms with E-state index in [2.05, 4.69) is 0 Å². The highest BCUT2D eigenvalue weighted by atomic mass is 32.2. The lowest BCUT2D eigenvalue weighted by atomic mass is 10.2. The monoisotopic (exact) mass is 329 g/mol. The number of hydrogen-bond donors (Lipinski definition) is 0. The summed E-state index contributed by atoms with van der Waals surface area (Å²) in [6.07, 6.45) is 1.34. The van der Waals surface area contributed by atoms with Crippen molar-refractivity contribution in [1.29, 1.82) is 0 Å². The van der Waals surface area contributed by atoms with E-state index in [0.717, 1.165) is 0 Å². The number of sulfone groups is 1. The van der Waals surface area contributed by atoms with Crippen LogP contribution in [0.3, 0.4) is 0 Å². The number of amides is 1. The van der Waals surface area contributed by atoms with Gasteiger partial charge in [-0.25, -0.2) is 12.8 Å². The number of rotatable bonds is 6. The summed E-state index contributed by atoms with van der Waals surface area (Å²) >= 11 is 0. The van der Waals surface area contributed by atoms with Crippen molar-refractivity contribution in [2.24, 2.45) is 0 Å². The average Bonchev–Trinajstić information content (AvgIpc) is 2.84. The fourth-order valence-corrected chi connectivity index (χ4v) is 4.18. The number of carbonyl (C=O) groups excluding carboxylic acids is 1. The quantitative estimate of drug-likeness (QED) is 0.744. The van der Waals surface area contributed by atoms with Crippen LogP contribution in [0.5, 0.6) is 5.75 Å². The van der Waals surface area contributed by atoms with Gasteiger partial charge in [0.2, 0.25) is 5.91 Å². The van der Waals surface area contributed by atoms with Gasteiger partial charge in [0.1, 0.15) is 11.6 Å². The van der Waals surface area contributed by atoms with Gasteiger partial charge in [-0.2, -0.15) is 0 Å². The molecule has 1 aliphatic heterocycles. The van der Waals surface area contributed by atoms with E-state index >= 15 is 0 Å². The van der Waals surface area contributed by atoms with Crippen molar-refractivity contribution in [3.8, 4) is 5.75 Å². The van der Waals surface area contributed by atoms with Crippen LogP contribution < -0.4 is 4.74 Å². The van der Waals surface area contributed by atoms with Gasteiger partial charge in [-0.1, -0.05) is 0 Å². The second kappa shape index (κ2) is 7.09. The van der Waals surface area contributed by atoms with Gasteiger partial charge in [0.15, 0.2) is 9.84 Å². The Kier molecular flexibility index (Phi) is 5.39. The highest BCUT2D eigenvalue weighted by Crippen LogP contribution is 2.17. The van der Waals surface area contributed by atoms with Crippen molar-refractivity contribution in [2.75, 3.05) is 25.2 Å². The van der Waals surface area contributed by atoms with Crippen molar-refractivity contribution in [3.05, 3.63) is 30.1 Å². The predicted octanol–water partition coefficient (Wildman–Crippen LogP) is 1.63. The maximum atomic E-state index is 12.7. The first-order valence-electron chi connectivity index (χ1n) is 7.22. The number of hydrogen-bond acceptors (Lipinski definition) is 4. The molecule has 1 amide bonds. The number of ether oxygens (including phenoxy) is 1. The van der Waals surface area contributed by atoms with Crippen LogP contribution in [0.4, 0.5) is 4.39 Å². The Labute approximate surface area is 130 Å². The molecule has 5 nitrogen and oxygen atoms in total. The minimum atomic E-state index is -2.99. The fraction of sp³-hybridized carbons (Fsp3) is 0.533. The molecule has 1 heterocycles. The number of nitrogens with zero attached hydrogens (tertiary/aromatic N) is 1. The van der Waals surface area contributed by atoms with Crippen LogP contribution in [0.2, 0.25) is 0 Å². The third-order valence-electron chi connectivity index (χ3n) is 3.77. The SMILES string of the molecule is CN(C(=O)CCCOc1ccc(F)cc1)[C@H]1CCS(=O)(=O)C1. The van der Waals surface area contributed by atoms with E-state index in [1.54, 1.807) is 7.05 Å². The Hall–Kier alpha value is -1.63. The maximum Gasteiger partial charge on any atom is 0.222 e. The lowest BCUT2D eigenvalue weighted by Gasteiger charge is -2.23. The van der Waals surface area contributed by atoms with E-state index in [9.17, 15) is 17.6 Å². The summed E-state index contributed by atoms with van der Waals surface area (Å²) in [6.45, 7) is 0.355. The van der Waals surface area contributed by atoms with E-state index in [1.165, 1.54) is 29.2 Å². The van der Waals surface area contributed by atoms with Crippen LogP contribution in [0.15, 0.2) is 24.3 Å². The Balaban J connectivity index is 1.70. The van der Waals surface area contributed by atoms with E-state index in [-0.39, 0.29) is 29.3 Å². The average molecular weight is 329 g/mol. The molecule has 22 heavy (non-hydrogen) atoms. The minimum Gasteiger partial charge on any atom is -0.494 e. The van der Waals surface area contributed by atoms with Gasteiger partial charge in [-0.3, -0.25) is 4.79 Å². The van der Waals surface area contributed by atoms with E-state index < -0.39 is 9.84 Å². The third-order valence-corrected chi connectivity index (χ3v) is 5.52. The molecule has 0 unspecified atom stereocenters. The second-order valence-electron chi connectivity index (χ2n) is 5.47. The summed E-state index contributed by atoms with van der Waals surface area (Å²) in [5.41, 5.74) is 0. The molecule has 2 rings (SSSR count). The highest BCUT2D eigenvalue weighted by molar-refractivity contribution is 7.91. The van der Waals surface area contributed by atoms with Gasteiger partial charge in [0.25, 0.3) is 0 Å². The lowest BCUT2D eigenvalue weighted by molar-refractivity contribution is -0.131. The first-order chi connectivity index (χ1) is 10.4. The molecule has 1 aromatic carbocycles. The molecule has 0 aliphatic carbocycles. The minimum absolute atomic E-state index is 0.0569. The maximum absolute atomic E-state index is 12.7. The van der Waals surface area contributed by atoms with Crippen molar-refractivity contribution >= 4 is 15.7 Å². The van der Waals surface area contributed by atoms with Crippen molar-refractivity contribution in [1.82, 2.24) is 4.90 Å². The summed E-state index contributed by atoms with van der Waals surface area (Å²) in [5, 5.41) is 0. The lowest BCUT2D eigenvalue weighted by Crippen LogP contribution is -2.37. The zero-order valence-electron chi connectivity index (χ0n) is 12.5. The normalized spacial score (nSPS) is 19.8. The molecular formula is C15H20FNO4S. The highest BCUT2D eigenvalue weighted by Gasteiger charge is 2.32. The Bertz CT molecular complexity index is 615. The van der Waals surface area contributed by atoms with E-state index in [0.29, 0.717) is 31.6 Å². The Morgan fingerprint density at radius 1 is 1.36 bits per heavy atom. The zero-order chi connectivity index (χ0) is 16.2. The van der Waals surface area contributed by atoms with Gasteiger partial charge >= 0.3 is 0 Å². The van der Waals surface area contributed by atoms with Gasteiger partial charge in [0.05, 0.1) is 18.1 Å². The molecule has 1 aliphatic rings. The molecular weight excluding hydrogens is 309 g/mol. The first kappa shape index (κ1) is 16.7. The van der Waals surface area contributed by atoms with Gasteiger partial charge < -0.3 is 9.64 Å². The zero-order valence-corrected chi connectivity index (χ0v) is 13.3. The molecule has 7 heteroatoms. The molecule has 0 spiro atoms. The van der Waals surface area contributed by atoms with Gasteiger partial charge in [0, 0.05) is 19.5 Å². The van der Waals surface area contributed by atoms with Crippen molar-refractivity contribution in [2.45, 2.75) is 25.3 Å². The third kappa shape index (κ3) is 4.69. The summed E-state index contributed by atoms with van der Waals surface area (Å²) in [4.78, 5) is 13.6. The molecule has 122 valence electrons. The van der Waals surface area contributed by atoms with E-state index in [4.69, 9.17) is 4.74 Å². The fourth-order valence-electron chi connectivity index (χ4n) is 2.41. The van der Waals surface area contributed by atoms with Crippen molar-refractivity contribution in [3.63, 3.8) is 0 Å². The van der Waals surface area contributed by atoms with Crippen LogP contribution >= 0.6 is 0 Å². The largest absolute Gasteiger partial charge is 0.494 e. The van der Waals surface area contributed by atoms with Gasteiger partial charge in [-0.05, 0) is 37.1 Å². The molecule has 1 atom stereocenters. The van der Waals surface area contributed by atoms with Crippen LogP contribution in [0.25, 0.3) is 0 Å². The molecule has 1 saturated heterocycles. The molecule has 0 aromatic heterocycles. The predicted molar refractivity (Wildman–Crippen MR) is 81.0 cm³/mol. The van der Waals surface area contributed by atoms with E-state index in [1.807, 2.05) is 0 Å². The summed E-state index contributed by atoms with van der Waals surface area (Å²) in [5.74, 6) is 0.370. The second-order valence-corrected chi connectivity index (χ2v) is 7.70. The first-order valence-corrected chi connectivity index (χ1v) is 9.04. The molecule has 0 N–H and O–H groups in total. The smallest absolute Gasteiger partial charge is 0.222 e. The number of carbonyl (C=O) groups is 1. The van der Waals surface area contributed by atoms with Crippen LogP contribution in [-0.2, 0) is 14.6 Å². The van der Waals surface area contributed by atoms with Crippen molar-refractivity contribution < 1.29 is 22.3 Å². The summed E-state index contributed by atoms with van der Waals surface area (Å²) in [6, 6.07) is 5.48. The van der Waals surface area contributed by atoms with Crippen LogP contribution in [0.1, 0.15) is 19.3 Å². The molecule has 1 fully saturated rings. The summed E-state index contributed by atoms with van der Waals surface area (Å²) < 4.78 is 41.0. The standard InChI is InChI=1S/C15H20FNO4S/c1-17(13-8-10-22(19,20)11-13)15(18)3-2-9-21-14-6-4-12(16)5-7-14/h4-7,13H,2-3,8-11H2,1H3/t13-/m0/s1. The van der Waals surface area contributed by atoms with Gasteiger partial charge in [-0.15, -0.1) is 0 Å². The topological polar surface area (TPSA) is 63.7 Å². The Morgan fingerprint density at radius 2 is 2.05 bits per heavy atom. The molecule has 0 bridgehead atoms. The van der Waals surface area contributed by atoms with Crippen LogP contribution in [-0.4, -0.2) is 50.4 Å². The molecule has 1 aromatic rings. The molecule has 0 radical (unpaired) electrons. The number of halogens is 1. The molecule has 0 saturated carbocycles. The van der Waals surface area contributed by atoms with Crippen LogP contribution in [0, 0.1) is 5.82 Å².